The van der Waals surface area contributed by atoms with Gasteiger partial charge < -0.3 is 10.1 Å². The minimum atomic E-state index is -0.263. The molecule has 4 nitrogen and oxygen atoms in total. The molecule has 128 valence electrons. The van der Waals surface area contributed by atoms with E-state index in [2.05, 4.69) is 10.3 Å². The number of aryl methyl sites for hydroxylation is 1. The molecule has 3 rings (SSSR count). The van der Waals surface area contributed by atoms with Gasteiger partial charge in [-0.15, -0.1) is 11.3 Å². The third kappa shape index (κ3) is 4.06. The predicted molar refractivity (Wildman–Crippen MR) is 100 cm³/mol. The molecule has 1 aromatic heterocycles. The monoisotopic (exact) mass is 352 g/mol. The van der Waals surface area contributed by atoms with Crippen molar-refractivity contribution in [3.05, 3.63) is 81.8 Å². The molecular weight excluding hydrogens is 332 g/mol. The molecule has 0 radical (unpaired) electrons. The van der Waals surface area contributed by atoms with Crippen molar-refractivity contribution in [2.75, 3.05) is 6.61 Å². The highest BCUT2D eigenvalue weighted by molar-refractivity contribution is 7.09. The van der Waals surface area contributed by atoms with Crippen LogP contribution < -0.4 is 10.1 Å². The van der Waals surface area contributed by atoms with Gasteiger partial charge in [0.15, 0.2) is 0 Å². The average molecular weight is 352 g/mol. The van der Waals surface area contributed by atoms with Crippen LogP contribution in [0.5, 0.6) is 5.75 Å². The molecule has 25 heavy (non-hydrogen) atoms. The molecule has 0 saturated heterocycles. The Hall–Kier alpha value is -2.66. The molecule has 5 heteroatoms. The molecule has 1 amide bonds. The van der Waals surface area contributed by atoms with E-state index in [0.717, 1.165) is 21.9 Å². The normalized spacial score (nSPS) is 11.8. The summed E-state index contributed by atoms with van der Waals surface area (Å²) in [6.07, 6.45) is 1.75. The molecule has 0 fully saturated rings. The van der Waals surface area contributed by atoms with Crippen LogP contribution in [0.15, 0.2) is 60.1 Å². The molecule has 1 atom stereocenters. The summed E-state index contributed by atoms with van der Waals surface area (Å²) >= 11 is 1.53. The summed E-state index contributed by atoms with van der Waals surface area (Å²) in [4.78, 5) is 17.1. The van der Waals surface area contributed by atoms with Crippen molar-refractivity contribution in [3.63, 3.8) is 0 Å². The Kier molecular flexibility index (Phi) is 5.46. The molecule has 3 aromatic rings. The standard InChI is InChI=1S/C20H20N2O2S/c1-3-24-17-10-9-16(13-14(17)2)19(23)22-18(20-21-11-12-25-20)15-7-5-4-6-8-15/h4-13,18H,3H2,1-2H3,(H,22,23). The number of nitrogens with one attached hydrogen (secondary N) is 1. The van der Waals surface area contributed by atoms with Gasteiger partial charge in [0, 0.05) is 17.1 Å². The van der Waals surface area contributed by atoms with Gasteiger partial charge in [0.25, 0.3) is 5.91 Å². The van der Waals surface area contributed by atoms with Gasteiger partial charge >= 0.3 is 0 Å². The van der Waals surface area contributed by atoms with E-state index in [0.29, 0.717) is 12.2 Å². The second kappa shape index (κ2) is 7.94. The van der Waals surface area contributed by atoms with Gasteiger partial charge in [0.1, 0.15) is 16.8 Å². The predicted octanol–water partition coefficient (Wildman–Crippen LogP) is 4.37. The lowest BCUT2D eigenvalue weighted by atomic mass is 10.1. The minimum Gasteiger partial charge on any atom is -0.494 e. The van der Waals surface area contributed by atoms with Crippen LogP contribution >= 0.6 is 11.3 Å². The maximum Gasteiger partial charge on any atom is 0.252 e. The van der Waals surface area contributed by atoms with Gasteiger partial charge in [-0.2, -0.15) is 0 Å². The molecule has 0 aliphatic rings. The fourth-order valence-corrected chi connectivity index (χ4v) is 3.35. The molecule has 2 aromatic carbocycles. The third-order valence-corrected chi connectivity index (χ3v) is 4.68. The van der Waals surface area contributed by atoms with Crippen molar-refractivity contribution in [2.24, 2.45) is 0 Å². The molecule has 0 spiro atoms. The van der Waals surface area contributed by atoms with Crippen molar-refractivity contribution < 1.29 is 9.53 Å². The van der Waals surface area contributed by atoms with E-state index < -0.39 is 0 Å². The smallest absolute Gasteiger partial charge is 0.252 e. The second-order valence-electron chi connectivity index (χ2n) is 5.60. The van der Waals surface area contributed by atoms with Gasteiger partial charge in [0.2, 0.25) is 0 Å². The highest BCUT2D eigenvalue weighted by Crippen LogP contribution is 2.25. The maximum absolute atomic E-state index is 12.8. The Labute approximate surface area is 151 Å². The van der Waals surface area contributed by atoms with Crippen LogP contribution in [0.25, 0.3) is 0 Å². The number of nitrogens with zero attached hydrogens (tertiary/aromatic N) is 1. The lowest BCUT2D eigenvalue weighted by Gasteiger charge is -2.17. The Morgan fingerprint density at radius 1 is 1.24 bits per heavy atom. The van der Waals surface area contributed by atoms with Crippen LogP contribution in [-0.4, -0.2) is 17.5 Å². The zero-order valence-electron chi connectivity index (χ0n) is 14.2. The quantitative estimate of drug-likeness (QED) is 0.717. The number of thiazole rings is 1. The van der Waals surface area contributed by atoms with Crippen molar-refractivity contribution >= 4 is 17.2 Å². The molecular formula is C20H20N2O2S. The Bertz CT molecular complexity index is 832. The summed E-state index contributed by atoms with van der Waals surface area (Å²) in [5.74, 6) is 0.675. The molecule has 0 saturated carbocycles. The van der Waals surface area contributed by atoms with E-state index in [1.165, 1.54) is 11.3 Å². The lowest BCUT2D eigenvalue weighted by Crippen LogP contribution is -2.29. The molecule has 1 heterocycles. The Balaban J connectivity index is 1.85. The summed E-state index contributed by atoms with van der Waals surface area (Å²) in [5, 5.41) is 5.88. The number of carbonyl (C=O) groups excluding carboxylic acids is 1. The fraction of sp³-hybridized carbons (Fsp3) is 0.200. The summed E-state index contributed by atoms with van der Waals surface area (Å²) in [6, 6.07) is 15.1. The first kappa shape index (κ1) is 17.2. The Morgan fingerprint density at radius 2 is 2.04 bits per heavy atom. The average Bonchev–Trinajstić information content (AvgIpc) is 3.16. The number of hydrogen-bond acceptors (Lipinski definition) is 4. The van der Waals surface area contributed by atoms with Crippen LogP contribution in [0.3, 0.4) is 0 Å². The van der Waals surface area contributed by atoms with E-state index in [1.807, 2.05) is 61.7 Å². The van der Waals surface area contributed by atoms with Crippen LogP contribution in [-0.2, 0) is 0 Å². The van der Waals surface area contributed by atoms with Crippen LogP contribution in [0, 0.1) is 6.92 Å². The number of aromatic nitrogens is 1. The summed E-state index contributed by atoms with van der Waals surface area (Å²) in [7, 11) is 0. The van der Waals surface area contributed by atoms with Gasteiger partial charge in [-0.25, -0.2) is 4.98 Å². The molecule has 1 N–H and O–H groups in total. The first-order valence-corrected chi connectivity index (χ1v) is 9.05. The third-order valence-electron chi connectivity index (χ3n) is 3.84. The number of hydrogen-bond donors (Lipinski definition) is 1. The SMILES string of the molecule is CCOc1ccc(C(=O)NC(c2ccccc2)c2nccs2)cc1C. The number of amides is 1. The Morgan fingerprint density at radius 3 is 2.68 bits per heavy atom. The van der Waals surface area contributed by atoms with Crippen molar-refractivity contribution in [1.29, 1.82) is 0 Å². The molecule has 0 aliphatic carbocycles. The van der Waals surface area contributed by atoms with Gasteiger partial charge in [0.05, 0.1) is 6.61 Å². The molecule has 1 unspecified atom stereocenters. The zero-order chi connectivity index (χ0) is 17.6. The largest absolute Gasteiger partial charge is 0.494 e. The van der Waals surface area contributed by atoms with E-state index in [1.54, 1.807) is 12.3 Å². The summed E-state index contributed by atoms with van der Waals surface area (Å²) in [6.45, 7) is 4.49. The van der Waals surface area contributed by atoms with Crippen LogP contribution in [0.2, 0.25) is 0 Å². The maximum atomic E-state index is 12.8. The van der Waals surface area contributed by atoms with E-state index in [-0.39, 0.29) is 11.9 Å². The van der Waals surface area contributed by atoms with Crippen molar-refractivity contribution in [1.82, 2.24) is 10.3 Å². The first-order chi connectivity index (χ1) is 12.2. The number of benzene rings is 2. The summed E-state index contributed by atoms with van der Waals surface area (Å²) in [5.41, 5.74) is 2.56. The fourth-order valence-electron chi connectivity index (χ4n) is 2.63. The topological polar surface area (TPSA) is 51.2 Å². The lowest BCUT2D eigenvalue weighted by molar-refractivity contribution is 0.0943. The van der Waals surface area contributed by atoms with Gasteiger partial charge in [-0.1, -0.05) is 30.3 Å². The molecule has 0 bridgehead atoms. The van der Waals surface area contributed by atoms with Gasteiger partial charge in [-0.05, 0) is 43.2 Å². The van der Waals surface area contributed by atoms with Crippen LogP contribution in [0.1, 0.15) is 39.5 Å². The highest BCUT2D eigenvalue weighted by Gasteiger charge is 2.20. The van der Waals surface area contributed by atoms with E-state index >= 15 is 0 Å². The first-order valence-electron chi connectivity index (χ1n) is 8.17. The van der Waals surface area contributed by atoms with Crippen molar-refractivity contribution in [3.8, 4) is 5.75 Å². The highest BCUT2D eigenvalue weighted by atomic mass is 32.1. The van der Waals surface area contributed by atoms with Crippen LogP contribution in [0.4, 0.5) is 0 Å². The number of rotatable bonds is 6. The van der Waals surface area contributed by atoms with E-state index in [4.69, 9.17) is 4.74 Å². The molecule has 0 aliphatic heterocycles. The number of carbonyl (C=O) groups is 1. The zero-order valence-corrected chi connectivity index (χ0v) is 15.0. The van der Waals surface area contributed by atoms with Gasteiger partial charge in [-0.3, -0.25) is 4.79 Å². The second-order valence-corrected chi connectivity index (χ2v) is 6.53. The van der Waals surface area contributed by atoms with E-state index in [9.17, 15) is 4.79 Å². The minimum absolute atomic E-state index is 0.129. The number of ether oxygens (including phenoxy) is 1. The summed E-state index contributed by atoms with van der Waals surface area (Å²) < 4.78 is 5.54. The van der Waals surface area contributed by atoms with Crippen molar-refractivity contribution in [2.45, 2.75) is 19.9 Å².